The van der Waals surface area contributed by atoms with Crippen LogP contribution in [0.2, 0.25) is 15.1 Å². The van der Waals surface area contributed by atoms with Gasteiger partial charge in [0.05, 0.1) is 28.3 Å². The number of halogens is 3. The number of hydrogen-bond donors (Lipinski definition) is 2. The van der Waals surface area contributed by atoms with E-state index in [1.54, 1.807) is 13.8 Å². The van der Waals surface area contributed by atoms with Crippen molar-refractivity contribution in [2.75, 3.05) is 18.5 Å². The van der Waals surface area contributed by atoms with Gasteiger partial charge in [0.25, 0.3) is 5.91 Å². The lowest BCUT2D eigenvalue weighted by molar-refractivity contribution is -0.140. The summed E-state index contributed by atoms with van der Waals surface area (Å²) in [4.78, 5) is 24.2. The van der Waals surface area contributed by atoms with Crippen LogP contribution >= 0.6 is 34.8 Å². The molecule has 0 heterocycles. The number of amides is 1. The molecule has 3 N–H and O–H groups in total. The summed E-state index contributed by atoms with van der Waals surface area (Å²) in [6.45, 7) is 3.52. The maximum atomic E-state index is 12.3. The molecule has 0 radical (unpaired) electrons. The molecule has 0 aliphatic carbocycles. The molecule has 23 heavy (non-hydrogen) atoms. The fourth-order valence-electron chi connectivity index (χ4n) is 1.56. The largest absolute Gasteiger partial charge is 0.479 e. The Bertz CT molecular complexity index is 624. The van der Waals surface area contributed by atoms with Crippen LogP contribution in [-0.2, 0) is 19.1 Å². The van der Waals surface area contributed by atoms with E-state index in [1.165, 1.54) is 12.1 Å². The van der Waals surface area contributed by atoms with E-state index < -0.39 is 17.4 Å². The molecular weight excluding hydrogens is 367 g/mol. The summed E-state index contributed by atoms with van der Waals surface area (Å²) in [5, 5.41) is 2.89. The van der Waals surface area contributed by atoms with Crippen LogP contribution in [0.5, 0.6) is 0 Å². The van der Waals surface area contributed by atoms with E-state index in [9.17, 15) is 9.59 Å². The minimum atomic E-state index is -0.901. The maximum absolute atomic E-state index is 12.3. The van der Waals surface area contributed by atoms with Crippen LogP contribution in [-0.4, -0.2) is 25.1 Å². The summed E-state index contributed by atoms with van der Waals surface area (Å²) in [7, 11) is 0. The van der Waals surface area contributed by atoms with Crippen molar-refractivity contribution in [2.24, 2.45) is 5.73 Å². The fraction of sp³-hybridized carbons (Fsp3) is 0.286. The highest BCUT2D eigenvalue weighted by Crippen LogP contribution is 2.33. The number of hydrogen-bond acceptors (Lipinski definition) is 5. The van der Waals surface area contributed by atoms with Gasteiger partial charge in [-0.3, -0.25) is 4.79 Å². The topological polar surface area (TPSA) is 90.7 Å². The average Bonchev–Trinajstić information content (AvgIpc) is 2.45. The lowest BCUT2D eigenvalue weighted by atomic mass is 10.2. The van der Waals surface area contributed by atoms with Gasteiger partial charge >= 0.3 is 5.97 Å². The quantitative estimate of drug-likeness (QED) is 0.197. The van der Waals surface area contributed by atoms with Gasteiger partial charge in [-0.2, -0.15) is 0 Å². The van der Waals surface area contributed by atoms with E-state index in [4.69, 9.17) is 50.0 Å². The van der Waals surface area contributed by atoms with E-state index in [-0.39, 0.29) is 39.9 Å². The monoisotopic (exact) mass is 380 g/mol. The summed E-state index contributed by atoms with van der Waals surface area (Å²) in [5.74, 6) is -2.06. The fourth-order valence-corrected chi connectivity index (χ4v) is 2.15. The van der Waals surface area contributed by atoms with Gasteiger partial charge in [0.1, 0.15) is 0 Å². The number of ether oxygens (including phenoxy) is 2. The first-order valence-corrected chi connectivity index (χ1v) is 7.70. The lowest BCUT2D eigenvalue weighted by Crippen LogP contribution is -2.27. The Labute approximate surface area is 148 Å². The highest BCUT2D eigenvalue weighted by molar-refractivity contribution is 6.48. The van der Waals surface area contributed by atoms with Crippen LogP contribution in [0.3, 0.4) is 0 Å². The SMILES string of the molecule is CCOC(=O)/C(C(=O)Nc1cc(Cl)c(Cl)c(Cl)c1)=C(\N)OCC. The minimum absolute atomic E-state index is 0.0770. The van der Waals surface area contributed by atoms with Crippen LogP contribution in [0.15, 0.2) is 23.6 Å². The van der Waals surface area contributed by atoms with E-state index >= 15 is 0 Å². The van der Waals surface area contributed by atoms with E-state index in [0.29, 0.717) is 0 Å². The van der Waals surface area contributed by atoms with E-state index in [2.05, 4.69) is 5.32 Å². The zero-order valence-electron chi connectivity index (χ0n) is 12.4. The summed E-state index contributed by atoms with van der Waals surface area (Å²) in [6, 6.07) is 2.76. The zero-order chi connectivity index (χ0) is 17.6. The molecule has 1 aromatic carbocycles. The van der Waals surface area contributed by atoms with Gasteiger partial charge in [-0.05, 0) is 26.0 Å². The molecule has 1 aromatic rings. The highest BCUT2D eigenvalue weighted by atomic mass is 35.5. The Morgan fingerprint density at radius 3 is 2.09 bits per heavy atom. The summed E-state index contributed by atoms with van der Waals surface area (Å²) in [6.07, 6.45) is 0. The normalized spacial score (nSPS) is 11.5. The minimum Gasteiger partial charge on any atom is -0.479 e. The molecule has 0 spiro atoms. The highest BCUT2D eigenvalue weighted by Gasteiger charge is 2.25. The molecular formula is C14H15Cl3N2O4. The lowest BCUT2D eigenvalue weighted by Gasteiger charge is -2.12. The van der Waals surface area contributed by atoms with Crippen LogP contribution in [0.1, 0.15) is 13.8 Å². The average molecular weight is 382 g/mol. The summed E-state index contributed by atoms with van der Waals surface area (Å²) in [5.41, 5.74) is 5.41. The molecule has 1 rings (SSSR count). The van der Waals surface area contributed by atoms with Gasteiger partial charge in [-0.15, -0.1) is 0 Å². The van der Waals surface area contributed by atoms with Crippen molar-refractivity contribution >= 4 is 52.4 Å². The van der Waals surface area contributed by atoms with E-state index in [0.717, 1.165) is 0 Å². The predicted molar refractivity (Wildman–Crippen MR) is 89.6 cm³/mol. The third-order valence-electron chi connectivity index (χ3n) is 2.49. The van der Waals surface area contributed by atoms with Gasteiger partial charge in [0.15, 0.2) is 5.57 Å². The molecule has 0 bridgehead atoms. The molecule has 126 valence electrons. The third-order valence-corrected chi connectivity index (χ3v) is 3.69. The van der Waals surface area contributed by atoms with Gasteiger partial charge < -0.3 is 20.5 Å². The number of anilines is 1. The van der Waals surface area contributed by atoms with Gasteiger partial charge in [-0.1, -0.05) is 34.8 Å². The summed E-state index contributed by atoms with van der Waals surface area (Å²) < 4.78 is 9.83. The summed E-state index contributed by atoms with van der Waals surface area (Å²) >= 11 is 17.6. The third kappa shape index (κ3) is 5.20. The van der Waals surface area contributed by atoms with Crippen molar-refractivity contribution in [1.82, 2.24) is 0 Å². The number of nitrogens with two attached hydrogens (primary N) is 1. The molecule has 0 saturated carbocycles. The van der Waals surface area contributed by atoms with E-state index in [1.807, 2.05) is 0 Å². The molecule has 0 aliphatic rings. The molecule has 0 unspecified atom stereocenters. The Morgan fingerprint density at radius 1 is 1.09 bits per heavy atom. The van der Waals surface area contributed by atoms with Crippen molar-refractivity contribution in [3.63, 3.8) is 0 Å². The molecule has 0 atom stereocenters. The molecule has 0 saturated heterocycles. The molecule has 9 heteroatoms. The second-order valence-electron chi connectivity index (χ2n) is 4.10. The Morgan fingerprint density at radius 2 is 1.61 bits per heavy atom. The van der Waals surface area contributed by atoms with Gasteiger partial charge in [0, 0.05) is 5.69 Å². The van der Waals surface area contributed by atoms with Crippen molar-refractivity contribution in [3.05, 3.63) is 38.7 Å². The van der Waals surface area contributed by atoms with Gasteiger partial charge in [0.2, 0.25) is 5.88 Å². The first-order chi connectivity index (χ1) is 10.8. The molecule has 0 aromatic heterocycles. The number of rotatable bonds is 6. The van der Waals surface area contributed by atoms with Crippen LogP contribution in [0, 0.1) is 0 Å². The smallest absolute Gasteiger partial charge is 0.349 e. The standard InChI is InChI=1S/C14H15Cl3N2O4/c1-3-22-12(18)10(14(21)23-4-2)13(20)19-7-5-8(15)11(17)9(16)6-7/h5-6H,3-4,18H2,1-2H3,(H,19,20)/b12-10+. The maximum Gasteiger partial charge on any atom is 0.349 e. The second kappa shape index (κ2) is 8.86. The van der Waals surface area contributed by atoms with Gasteiger partial charge in [-0.25, -0.2) is 4.79 Å². The van der Waals surface area contributed by atoms with Crippen molar-refractivity contribution in [1.29, 1.82) is 0 Å². The Hall–Kier alpha value is -1.63. The number of nitrogens with one attached hydrogen (secondary N) is 1. The zero-order valence-corrected chi connectivity index (χ0v) is 14.7. The van der Waals surface area contributed by atoms with Crippen molar-refractivity contribution in [2.45, 2.75) is 13.8 Å². The first-order valence-electron chi connectivity index (χ1n) is 6.57. The predicted octanol–water partition coefficient (Wildman–Crippen LogP) is 3.36. The number of benzene rings is 1. The number of carbonyl (C=O) groups is 2. The van der Waals surface area contributed by atoms with Crippen molar-refractivity contribution in [3.8, 4) is 0 Å². The van der Waals surface area contributed by atoms with Crippen LogP contribution < -0.4 is 11.1 Å². The Kier molecular flexibility index (Phi) is 7.48. The molecule has 1 amide bonds. The number of esters is 1. The molecule has 0 aliphatic heterocycles. The molecule has 0 fully saturated rings. The first kappa shape index (κ1) is 19.4. The number of carbonyl (C=O) groups excluding carboxylic acids is 2. The Balaban J connectivity index is 3.12. The van der Waals surface area contributed by atoms with Crippen LogP contribution in [0.25, 0.3) is 0 Å². The van der Waals surface area contributed by atoms with Crippen molar-refractivity contribution < 1.29 is 19.1 Å². The van der Waals surface area contributed by atoms with Crippen LogP contribution in [0.4, 0.5) is 5.69 Å². The second-order valence-corrected chi connectivity index (χ2v) is 5.29. The molecule has 6 nitrogen and oxygen atoms in total.